The first-order valence-corrected chi connectivity index (χ1v) is 13.0. The number of methoxy groups -OCH3 is 1. The maximum Gasteiger partial charge on any atom is 0.218 e. The molecule has 2 fully saturated rings. The molecular formula is C30H34N2O4. The van der Waals surface area contributed by atoms with Crippen LogP contribution in [-0.4, -0.2) is 56.5 Å². The molecule has 1 aromatic heterocycles. The van der Waals surface area contributed by atoms with Gasteiger partial charge in [-0.25, -0.2) is 4.98 Å². The lowest BCUT2D eigenvalue weighted by atomic mass is 9.78. The quantitative estimate of drug-likeness (QED) is 0.474. The van der Waals surface area contributed by atoms with Crippen molar-refractivity contribution in [1.29, 1.82) is 0 Å². The van der Waals surface area contributed by atoms with Gasteiger partial charge in [-0.15, -0.1) is 0 Å². The smallest absolute Gasteiger partial charge is 0.218 e. The van der Waals surface area contributed by atoms with Crippen LogP contribution in [0.5, 0.6) is 17.4 Å². The highest BCUT2D eigenvalue weighted by Crippen LogP contribution is 2.40. The summed E-state index contributed by atoms with van der Waals surface area (Å²) < 4.78 is 23.0. The number of benzene rings is 2. The largest absolute Gasteiger partial charge is 0.486 e. The number of hydrogen-bond acceptors (Lipinski definition) is 6. The number of hydrogen-bond donors (Lipinski definition) is 0. The molecule has 0 N–H and O–H groups in total. The third-order valence-corrected chi connectivity index (χ3v) is 8.09. The molecular weight excluding hydrogens is 452 g/mol. The number of pyridine rings is 1. The Morgan fingerprint density at radius 1 is 0.917 bits per heavy atom. The van der Waals surface area contributed by atoms with Gasteiger partial charge in [-0.1, -0.05) is 30.3 Å². The van der Waals surface area contributed by atoms with Crippen molar-refractivity contribution < 1.29 is 18.9 Å². The van der Waals surface area contributed by atoms with E-state index in [-0.39, 0.29) is 0 Å². The van der Waals surface area contributed by atoms with Crippen LogP contribution in [0.3, 0.4) is 0 Å². The second-order valence-corrected chi connectivity index (χ2v) is 10.3. The van der Waals surface area contributed by atoms with E-state index in [2.05, 4.69) is 54.3 Å². The molecule has 0 amide bonds. The summed E-state index contributed by atoms with van der Waals surface area (Å²) in [7, 11) is 1.72. The maximum absolute atomic E-state index is 5.81. The Labute approximate surface area is 213 Å². The predicted octanol–water partition coefficient (Wildman–Crippen LogP) is 5.51. The van der Waals surface area contributed by atoms with Crippen LogP contribution >= 0.6 is 0 Å². The number of likely N-dealkylation sites (tertiary alicyclic amines) is 1. The van der Waals surface area contributed by atoms with Gasteiger partial charge >= 0.3 is 0 Å². The van der Waals surface area contributed by atoms with Crippen molar-refractivity contribution in [3.05, 3.63) is 59.7 Å². The fraction of sp³-hybridized carbons (Fsp3) is 0.433. The Bertz CT molecular complexity index is 1240. The number of piperidine rings is 1. The molecule has 6 heteroatoms. The topological polar surface area (TPSA) is 53.0 Å². The highest BCUT2D eigenvalue weighted by Gasteiger charge is 2.38. The molecule has 1 spiro atoms. The molecule has 3 aliphatic rings. The molecule has 6 rings (SSSR count). The van der Waals surface area contributed by atoms with E-state index in [4.69, 9.17) is 23.9 Å². The van der Waals surface area contributed by atoms with Gasteiger partial charge in [-0.05, 0) is 79.6 Å². The van der Waals surface area contributed by atoms with E-state index in [1.807, 2.05) is 6.07 Å². The predicted molar refractivity (Wildman–Crippen MR) is 140 cm³/mol. The number of ether oxygens (including phenoxy) is 4. The summed E-state index contributed by atoms with van der Waals surface area (Å²) >= 11 is 0. The van der Waals surface area contributed by atoms with Gasteiger partial charge in [-0.2, -0.15) is 0 Å². The monoisotopic (exact) mass is 486 g/mol. The molecule has 0 saturated carbocycles. The molecule has 36 heavy (non-hydrogen) atoms. The molecule has 0 aliphatic carbocycles. The minimum atomic E-state index is 0.419. The van der Waals surface area contributed by atoms with Crippen molar-refractivity contribution in [2.75, 3.05) is 46.6 Å². The first-order valence-electron chi connectivity index (χ1n) is 13.0. The summed E-state index contributed by atoms with van der Waals surface area (Å²) in [6, 6.07) is 16.8. The molecule has 6 nitrogen and oxygen atoms in total. The van der Waals surface area contributed by atoms with E-state index in [9.17, 15) is 0 Å². The Kier molecular flexibility index (Phi) is 6.32. The van der Waals surface area contributed by atoms with Crippen LogP contribution in [0.1, 0.15) is 30.4 Å². The van der Waals surface area contributed by atoms with Crippen molar-refractivity contribution in [2.45, 2.75) is 32.7 Å². The lowest BCUT2D eigenvalue weighted by Crippen LogP contribution is -2.40. The summed E-state index contributed by atoms with van der Waals surface area (Å²) in [6.07, 6.45) is 3.64. The highest BCUT2D eigenvalue weighted by molar-refractivity contribution is 5.78. The zero-order valence-corrected chi connectivity index (χ0v) is 21.2. The van der Waals surface area contributed by atoms with E-state index in [0.717, 1.165) is 72.3 Å². The molecule has 2 saturated heterocycles. The molecule has 3 aliphatic heterocycles. The molecule has 0 bridgehead atoms. The van der Waals surface area contributed by atoms with E-state index >= 15 is 0 Å². The Balaban J connectivity index is 1.23. The molecule has 188 valence electrons. The van der Waals surface area contributed by atoms with Gasteiger partial charge in [0.15, 0.2) is 11.5 Å². The third-order valence-electron chi connectivity index (χ3n) is 8.09. The normalized spacial score (nSPS) is 18.9. The van der Waals surface area contributed by atoms with Crippen LogP contribution in [0.15, 0.2) is 48.5 Å². The van der Waals surface area contributed by atoms with Crippen LogP contribution in [0.2, 0.25) is 0 Å². The third kappa shape index (κ3) is 4.44. The van der Waals surface area contributed by atoms with Crippen LogP contribution in [0, 0.1) is 12.3 Å². The fourth-order valence-electron chi connectivity index (χ4n) is 5.82. The molecule has 3 aromatic rings. The molecule has 0 atom stereocenters. The maximum atomic E-state index is 5.81. The molecule has 0 radical (unpaired) electrons. The number of aromatic nitrogens is 1. The van der Waals surface area contributed by atoms with E-state index in [0.29, 0.717) is 24.5 Å². The number of nitrogens with zero attached hydrogens (tertiary/aromatic N) is 2. The average molecular weight is 487 g/mol. The van der Waals surface area contributed by atoms with Crippen molar-refractivity contribution in [1.82, 2.24) is 9.88 Å². The van der Waals surface area contributed by atoms with Crippen LogP contribution < -0.4 is 14.2 Å². The first kappa shape index (κ1) is 23.3. The van der Waals surface area contributed by atoms with Gasteiger partial charge in [0.25, 0.3) is 0 Å². The SMILES string of the molecule is COc1nc(-c2cccc(-c3ccc4c(c3)OCCO4)c2C)ccc1CN1CCC2(CCOC2)CC1. The van der Waals surface area contributed by atoms with Gasteiger partial charge in [0.05, 0.1) is 19.4 Å². The number of rotatable bonds is 5. The second-order valence-electron chi connectivity index (χ2n) is 10.3. The lowest BCUT2D eigenvalue weighted by Gasteiger charge is -2.38. The first-order chi connectivity index (χ1) is 17.6. The zero-order valence-electron chi connectivity index (χ0n) is 21.2. The summed E-state index contributed by atoms with van der Waals surface area (Å²) in [5.41, 5.74) is 7.03. The Morgan fingerprint density at radius 2 is 1.72 bits per heavy atom. The van der Waals surface area contributed by atoms with Crippen molar-refractivity contribution in [3.63, 3.8) is 0 Å². The standard InChI is InChI=1S/C30H34N2O4/c1-21-24(22-7-9-27-28(18-22)36-17-16-35-27)4-3-5-25(21)26-8-6-23(29(31-26)33-2)19-32-13-10-30(11-14-32)12-15-34-20-30/h3-9,18H,10-17,19-20H2,1-2H3. The van der Waals surface area contributed by atoms with Gasteiger partial charge in [-0.3, -0.25) is 4.90 Å². The Morgan fingerprint density at radius 3 is 2.50 bits per heavy atom. The average Bonchev–Trinajstić information content (AvgIpc) is 3.38. The Hall–Kier alpha value is -3.09. The zero-order chi connectivity index (χ0) is 24.5. The fourth-order valence-corrected chi connectivity index (χ4v) is 5.82. The summed E-state index contributed by atoms with van der Waals surface area (Å²) in [5.74, 6) is 2.32. The van der Waals surface area contributed by atoms with Gasteiger partial charge in [0.1, 0.15) is 13.2 Å². The molecule has 0 unspecified atom stereocenters. The highest BCUT2D eigenvalue weighted by atomic mass is 16.6. The molecule has 4 heterocycles. The minimum absolute atomic E-state index is 0.419. The lowest BCUT2D eigenvalue weighted by molar-refractivity contribution is 0.0769. The number of fused-ring (bicyclic) bond motifs is 1. The minimum Gasteiger partial charge on any atom is -0.486 e. The van der Waals surface area contributed by atoms with Crippen LogP contribution in [0.25, 0.3) is 22.4 Å². The molecule has 2 aromatic carbocycles. The van der Waals surface area contributed by atoms with Crippen molar-refractivity contribution in [2.24, 2.45) is 5.41 Å². The summed E-state index contributed by atoms with van der Waals surface area (Å²) in [6.45, 7) is 8.26. The van der Waals surface area contributed by atoms with E-state index < -0.39 is 0 Å². The van der Waals surface area contributed by atoms with Crippen molar-refractivity contribution in [3.8, 4) is 39.8 Å². The van der Waals surface area contributed by atoms with Gasteiger partial charge in [0, 0.05) is 24.3 Å². The van der Waals surface area contributed by atoms with Crippen molar-refractivity contribution >= 4 is 0 Å². The summed E-state index contributed by atoms with van der Waals surface area (Å²) in [4.78, 5) is 7.47. The van der Waals surface area contributed by atoms with E-state index in [1.54, 1.807) is 7.11 Å². The summed E-state index contributed by atoms with van der Waals surface area (Å²) in [5, 5.41) is 0. The van der Waals surface area contributed by atoms with Gasteiger partial charge in [0.2, 0.25) is 5.88 Å². The van der Waals surface area contributed by atoms with E-state index in [1.165, 1.54) is 24.8 Å². The van der Waals surface area contributed by atoms with Gasteiger partial charge < -0.3 is 18.9 Å². The van der Waals surface area contributed by atoms with Crippen LogP contribution in [0.4, 0.5) is 0 Å². The second kappa shape index (κ2) is 9.75. The van der Waals surface area contributed by atoms with Crippen LogP contribution in [-0.2, 0) is 11.3 Å².